The third kappa shape index (κ3) is 2.45. The molecule has 0 fully saturated rings. The average molecular weight is 354 g/mol. The van der Waals surface area contributed by atoms with E-state index in [-0.39, 0.29) is 6.04 Å². The van der Waals surface area contributed by atoms with Gasteiger partial charge in [0.1, 0.15) is 11.5 Å². The van der Waals surface area contributed by atoms with E-state index in [2.05, 4.69) is 39.4 Å². The molecule has 5 heteroatoms. The van der Waals surface area contributed by atoms with Gasteiger partial charge in [0, 0.05) is 26.7 Å². The molecule has 20 heavy (non-hydrogen) atoms. The van der Waals surface area contributed by atoms with Gasteiger partial charge in [-0.2, -0.15) is 0 Å². The lowest BCUT2D eigenvalue weighted by Gasteiger charge is -2.18. The normalized spacial score (nSPS) is 14.8. The van der Waals surface area contributed by atoms with Crippen LogP contribution in [-0.2, 0) is 6.42 Å². The van der Waals surface area contributed by atoms with Crippen LogP contribution >= 0.6 is 27.3 Å². The molecule has 1 N–H and O–H groups in total. The Kier molecular flexibility index (Phi) is 4.01. The van der Waals surface area contributed by atoms with Crippen LogP contribution in [0.15, 0.2) is 28.1 Å². The van der Waals surface area contributed by atoms with E-state index in [9.17, 15) is 0 Å². The standard InChI is InChI=1S/C15H16BrNO2S/c1-17-14(13-7-11(18-2)8-20-13)12-6-10(16)5-9-3-4-19-15(9)12/h5-8,14,17H,3-4H2,1-2H3. The zero-order valence-electron chi connectivity index (χ0n) is 11.4. The fourth-order valence-corrected chi connectivity index (χ4v) is 4.06. The lowest BCUT2D eigenvalue weighted by Crippen LogP contribution is -2.17. The first-order valence-corrected chi connectivity index (χ1v) is 8.15. The maximum atomic E-state index is 5.83. The second-order valence-electron chi connectivity index (χ2n) is 4.69. The molecule has 1 aromatic heterocycles. The van der Waals surface area contributed by atoms with Gasteiger partial charge in [-0.3, -0.25) is 0 Å². The van der Waals surface area contributed by atoms with Gasteiger partial charge < -0.3 is 14.8 Å². The first-order chi connectivity index (χ1) is 9.72. The van der Waals surface area contributed by atoms with Gasteiger partial charge in [-0.1, -0.05) is 15.9 Å². The average Bonchev–Trinajstić information content (AvgIpc) is 3.07. The molecule has 1 unspecified atom stereocenters. The molecule has 0 saturated heterocycles. The van der Waals surface area contributed by atoms with Gasteiger partial charge in [-0.25, -0.2) is 0 Å². The maximum Gasteiger partial charge on any atom is 0.129 e. The van der Waals surface area contributed by atoms with Gasteiger partial charge in [-0.15, -0.1) is 11.3 Å². The fraction of sp³-hybridized carbons (Fsp3) is 0.333. The van der Waals surface area contributed by atoms with E-state index in [1.54, 1.807) is 18.4 Å². The smallest absolute Gasteiger partial charge is 0.129 e. The van der Waals surface area contributed by atoms with Crippen LogP contribution < -0.4 is 14.8 Å². The van der Waals surface area contributed by atoms with Gasteiger partial charge in [0.2, 0.25) is 0 Å². The minimum atomic E-state index is 0.119. The van der Waals surface area contributed by atoms with Gasteiger partial charge in [0.05, 0.1) is 19.8 Å². The van der Waals surface area contributed by atoms with Crippen LogP contribution in [0.3, 0.4) is 0 Å². The molecule has 1 atom stereocenters. The Bertz CT molecular complexity index is 626. The molecule has 2 heterocycles. The third-order valence-corrected chi connectivity index (χ3v) is 4.93. The maximum absolute atomic E-state index is 5.83. The fourth-order valence-electron chi connectivity index (χ4n) is 2.56. The Morgan fingerprint density at radius 1 is 1.40 bits per heavy atom. The molecular formula is C15H16BrNO2S. The minimum Gasteiger partial charge on any atom is -0.496 e. The van der Waals surface area contributed by atoms with E-state index in [0.29, 0.717) is 0 Å². The predicted octanol–water partition coefficient (Wildman–Crippen LogP) is 3.76. The number of halogens is 1. The summed E-state index contributed by atoms with van der Waals surface area (Å²) in [7, 11) is 3.67. The van der Waals surface area contributed by atoms with Crippen molar-refractivity contribution in [1.82, 2.24) is 5.32 Å². The molecule has 1 aliphatic rings. The highest BCUT2D eigenvalue weighted by Gasteiger charge is 2.24. The summed E-state index contributed by atoms with van der Waals surface area (Å²) >= 11 is 5.29. The number of methoxy groups -OCH3 is 1. The molecule has 3 rings (SSSR count). The molecule has 1 aliphatic heterocycles. The molecule has 0 radical (unpaired) electrons. The summed E-state index contributed by atoms with van der Waals surface area (Å²) in [6.07, 6.45) is 0.978. The second kappa shape index (κ2) is 5.76. The van der Waals surface area contributed by atoms with Gasteiger partial charge in [-0.05, 0) is 30.8 Å². The molecule has 0 bridgehead atoms. The SMILES string of the molecule is CNC(c1cc(OC)cs1)c1cc(Br)cc2c1OCC2. The Hall–Kier alpha value is -1.04. The quantitative estimate of drug-likeness (QED) is 0.907. The summed E-state index contributed by atoms with van der Waals surface area (Å²) < 4.78 is 12.2. The molecule has 3 nitrogen and oxygen atoms in total. The van der Waals surface area contributed by atoms with Crippen molar-refractivity contribution in [2.45, 2.75) is 12.5 Å². The van der Waals surface area contributed by atoms with Gasteiger partial charge in [0.25, 0.3) is 0 Å². The van der Waals surface area contributed by atoms with E-state index < -0.39 is 0 Å². The number of fused-ring (bicyclic) bond motifs is 1. The number of thiophene rings is 1. The largest absolute Gasteiger partial charge is 0.496 e. The minimum absolute atomic E-state index is 0.119. The van der Waals surface area contributed by atoms with Gasteiger partial charge in [0.15, 0.2) is 0 Å². The molecule has 0 amide bonds. The Morgan fingerprint density at radius 2 is 2.25 bits per heavy atom. The second-order valence-corrected chi connectivity index (χ2v) is 6.55. The van der Waals surface area contributed by atoms with Crippen LogP contribution in [0.25, 0.3) is 0 Å². The summed E-state index contributed by atoms with van der Waals surface area (Å²) in [5.41, 5.74) is 2.46. The van der Waals surface area contributed by atoms with E-state index in [0.717, 1.165) is 29.0 Å². The monoisotopic (exact) mass is 353 g/mol. The highest BCUT2D eigenvalue weighted by molar-refractivity contribution is 9.10. The van der Waals surface area contributed by atoms with Crippen molar-refractivity contribution in [3.63, 3.8) is 0 Å². The summed E-state index contributed by atoms with van der Waals surface area (Å²) in [6.45, 7) is 0.767. The van der Waals surface area contributed by atoms with Crippen molar-refractivity contribution in [2.75, 3.05) is 20.8 Å². The van der Waals surface area contributed by atoms with Crippen LogP contribution in [0.4, 0.5) is 0 Å². The number of nitrogens with one attached hydrogen (secondary N) is 1. The summed E-state index contributed by atoms with van der Waals surface area (Å²) in [5.74, 6) is 1.93. The van der Waals surface area contributed by atoms with Gasteiger partial charge >= 0.3 is 0 Å². The number of ether oxygens (including phenoxy) is 2. The van der Waals surface area contributed by atoms with Crippen molar-refractivity contribution in [1.29, 1.82) is 0 Å². The molecule has 0 aliphatic carbocycles. The lowest BCUT2D eigenvalue weighted by molar-refractivity contribution is 0.351. The predicted molar refractivity (Wildman–Crippen MR) is 85.1 cm³/mol. The Morgan fingerprint density at radius 3 is 2.95 bits per heavy atom. The molecular weight excluding hydrogens is 338 g/mol. The first kappa shape index (κ1) is 13.9. The lowest BCUT2D eigenvalue weighted by atomic mass is 10.0. The highest BCUT2D eigenvalue weighted by atomic mass is 79.9. The van der Waals surface area contributed by atoms with Crippen molar-refractivity contribution in [2.24, 2.45) is 0 Å². The number of hydrogen-bond acceptors (Lipinski definition) is 4. The topological polar surface area (TPSA) is 30.5 Å². The summed E-state index contributed by atoms with van der Waals surface area (Å²) in [5, 5.41) is 5.41. The van der Waals surface area contributed by atoms with E-state index in [1.807, 2.05) is 12.4 Å². The Labute approximate surface area is 131 Å². The zero-order valence-corrected chi connectivity index (χ0v) is 13.8. The summed E-state index contributed by atoms with van der Waals surface area (Å²) in [4.78, 5) is 1.22. The highest BCUT2D eigenvalue weighted by Crippen LogP contribution is 2.40. The Balaban J connectivity index is 2.05. The zero-order chi connectivity index (χ0) is 14.1. The van der Waals surface area contributed by atoms with Crippen molar-refractivity contribution < 1.29 is 9.47 Å². The molecule has 106 valence electrons. The molecule has 2 aromatic rings. The third-order valence-electron chi connectivity index (χ3n) is 3.49. The van der Waals surface area contributed by atoms with E-state index >= 15 is 0 Å². The summed E-state index contributed by atoms with van der Waals surface area (Å²) in [6, 6.07) is 6.48. The van der Waals surface area contributed by atoms with Crippen LogP contribution in [0.2, 0.25) is 0 Å². The van der Waals surface area contributed by atoms with Crippen molar-refractivity contribution >= 4 is 27.3 Å². The molecule has 1 aromatic carbocycles. The van der Waals surface area contributed by atoms with E-state index in [4.69, 9.17) is 9.47 Å². The number of hydrogen-bond donors (Lipinski definition) is 1. The number of benzene rings is 1. The molecule has 0 spiro atoms. The van der Waals surface area contributed by atoms with Crippen LogP contribution in [0.1, 0.15) is 22.0 Å². The van der Waals surface area contributed by atoms with Crippen LogP contribution in [-0.4, -0.2) is 20.8 Å². The van der Waals surface area contributed by atoms with Crippen LogP contribution in [0.5, 0.6) is 11.5 Å². The van der Waals surface area contributed by atoms with Crippen LogP contribution in [0, 0.1) is 0 Å². The number of rotatable bonds is 4. The van der Waals surface area contributed by atoms with E-state index in [1.165, 1.54) is 16.0 Å². The van der Waals surface area contributed by atoms with Crippen molar-refractivity contribution in [3.8, 4) is 11.5 Å². The molecule has 0 saturated carbocycles. The van der Waals surface area contributed by atoms with Crippen molar-refractivity contribution in [3.05, 3.63) is 44.1 Å². The first-order valence-electron chi connectivity index (χ1n) is 6.47.